The number of carbonyl (C=O) groups is 1. The Morgan fingerprint density at radius 2 is 2.29 bits per heavy atom. The molecule has 1 aromatic carbocycles. The molecule has 0 amide bonds. The fourth-order valence-electron chi connectivity index (χ4n) is 1.56. The van der Waals surface area contributed by atoms with E-state index in [1.165, 1.54) is 0 Å². The molecular formula is C12H11ClN2O2. The standard InChI is InChI=1S/C12H11ClN2O2/c1-8-11(13)7-15(14-8)6-9-3-2-4-10(5-9)12(16)17/h2-5,7H,6H2,1H3,(H,16,17). The second kappa shape index (κ2) is 4.59. The van der Waals surface area contributed by atoms with Crippen LogP contribution in [0.15, 0.2) is 30.5 Å². The largest absolute Gasteiger partial charge is 0.478 e. The van der Waals surface area contributed by atoms with Gasteiger partial charge in [0.15, 0.2) is 0 Å². The van der Waals surface area contributed by atoms with Crippen molar-refractivity contribution >= 4 is 17.6 Å². The van der Waals surface area contributed by atoms with Crippen LogP contribution in [0.5, 0.6) is 0 Å². The van der Waals surface area contributed by atoms with Gasteiger partial charge in [-0.1, -0.05) is 23.7 Å². The topological polar surface area (TPSA) is 55.1 Å². The van der Waals surface area contributed by atoms with E-state index in [2.05, 4.69) is 5.10 Å². The summed E-state index contributed by atoms with van der Waals surface area (Å²) in [5.74, 6) is -0.929. The first-order chi connectivity index (χ1) is 8.06. The van der Waals surface area contributed by atoms with E-state index in [1.54, 1.807) is 29.1 Å². The fraction of sp³-hybridized carbons (Fsp3) is 0.167. The van der Waals surface area contributed by atoms with Crippen LogP contribution < -0.4 is 0 Å². The van der Waals surface area contributed by atoms with Crippen molar-refractivity contribution in [2.45, 2.75) is 13.5 Å². The average Bonchev–Trinajstić information content (AvgIpc) is 2.58. The zero-order chi connectivity index (χ0) is 12.4. The first-order valence-corrected chi connectivity index (χ1v) is 5.46. The van der Waals surface area contributed by atoms with E-state index in [9.17, 15) is 4.79 Å². The molecule has 1 aromatic heterocycles. The molecule has 1 heterocycles. The zero-order valence-electron chi connectivity index (χ0n) is 9.22. The lowest BCUT2D eigenvalue weighted by Crippen LogP contribution is -2.03. The number of halogens is 1. The quantitative estimate of drug-likeness (QED) is 0.911. The minimum Gasteiger partial charge on any atom is -0.478 e. The highest BCUT2D eigenvalue weighted by molar-refractivity contribution is 6.31. The van der Waals surface area contributed by atoms with Crippen molar-refractivity contribution in [3.63, 3.8) is 0 Å². The van der Waals surface area contributed by atoms with Gasteiger partial charge in [-0.05, 0) is 24.6 Å². The lowest BCUT2D eigenvalue weighted by Gasteiger charge is -2.02. The van der Waals surface area contributed by atoms with E-state index in [0.29, 0.717) is 11.6 Å². The number of hydrogen-bond acceptors (Lipinski definition) is 2. The Morgan fingerprint density at radius 3 is 2.88 bits per heavy atom. The zero-order valence-corrected chi connectivity index (χ0v) is 9.98. The summed E-state index contributed by atoms with van der Waals surface area (Å²) in [4.78, 5) is 10.8. The van der Waals surface area contributed by atoms with Gasteiger partial charge in [-0.3, -0.25) is 4.68 Å². The minimum atomic E-state index is -0.929. The summed E-state index contributed by atoms with van der Waals surface area (Å²) >= 11 is 5.90. The van der Waals surface area contributed by atoms with E-state index in [1.807, 2.05) is 13.0 Å². The Kier molecular flexibility index (Phi) is 3.15. The first-order valence-electron chi connectivity index (χ1n) is 5.08. The van der Waals surface area contributed by atoms with Gasteiger partial charge in [0.1, 0.15) is 0 Å². The maximum absolute atomic E-state index is 10.8. The highest BCUT2D eigenvalue weighted by Gasteiger charge is 2.05. The minimum absolute atomic E-state index is 0.275. The molecular weight excluding hydrogens is 240 g/mol. The van der Waals surface area contributed by atoms with Crippen LogP contribution in [-0.2, 0) is 6.54 Å². The molecule has 0 radical (unpaired) electrons. The molecule has 0 bridgehead atoms. The third kappa shape index (κ3) is 2.65. The molecule has 0 aliphatic carbocycles. The van der Waals surface area contributed by atoms with E-state index in [4.69, 9.17) is 16.7 Å². The molecule has 2 aromatic rings. The van der Waals surface area contributed by atoms with Crippen molar-refractivity contribution in [2.75, 3.05) is 0 Å². The van der Waals surface area contributed by atoms with Gasteiger partial charge in [0.25, 0.3) is 0 Å². The molecule has 0 spiro atoms. The number of aromatic carboxylic acids is 1. The van der Waals surface area contributed by atoms with Gasteiger partial charge in [0, 0.05) is 6.20 Å². The van der Waals surface area contributed by atoms with Gasteiger partial charge in [-0.25, -0.2) is 4.79 Å². The van der Waals surface area contributed by atoms with E-state index < -0.39 is 5.97 Å². The van der Waals surface area contributed by atoms with E-state index in [-0.39, 0.29) is 5.56 Å². The molecule has 2 rings (SSSR count). The number of hydrogen-bond donors (Lipinski definition) is 1. The molecule has 0 atom stereocenters. The Bertz CT molecular complexity index is 544. The maximum atomic E-state index is 10.8. The van der Waals surface area contributed by atoms with Crippen LogP contribution in [0.3, 0.4) is 0 Å². The van der Waals surface area contributed by atoms with Gasteiger partial charge in [0.2, 0.25) is 0 Å². The Hall–Kier alpha value is -1.81. The van der Waals surface area contributed by atoms with Crippen LogP contribution in [0.2, 0.25) is 5.02 Å². The third-order valence-electron chi connectivity index (χ3n) is 2.40. The molecule has 0 saturated carbocycles. The molecule has 88 valence electrons. The molecule has 0 aliphatic heterocycles. The predicted molar refractivity (Wildman–Crippen MR) is 64.5 cm³/mol. The number of carboxylic acids is 1. The Labute approximate surface area is 103 Å². The van der Waals surface area contributed by atoms with Crippen LogP contribution >= 0.6 is 11.6 Å². The molecule has 0 aliphatic rings. The lowest BCUT2D eigenvalue weighted by molar-refractivity contribution is 0.0696. The van der Waals surface area contributed by atoms with Crippen molar-refractivity contribution in [3.05, 3.63) is 52.3 Å². The lowest BCUT2D eigenvalue weighted by atomic mass is 10.1. The number of aryl methyl sites for hydroxylation is 1. The van der Waals surface area contributed by atoms with Crippen LogP contribution in [0, 0.1) is 6.92 Å². The van der Waals surface area contributed by atoms with Crippen molar-refractivity contribution in [2.24, 2.45) is 0 Å². The van der Waals surface area contributed by atoms with Crippen molar-refractivity contribution in [1.29, 1.82) is 0 Å². The van der Waals surface area contributed by atoms with Crippen LogP contribution in [-0.4, -0.2) is 20.9 Å². The maximum Gasteiger partial charge on any atom is 0.335 e. The number of rotatable bonds is 3. The number of nitrogens with zero attached hydrogens (tertiary/aromatic N) is 2. The van der Waals surface area contributed by atoms with Crippen molar-refractivity contribution in [3.8, 4) is 0 Å². The Balaban J connectivity index is 2.24. The number of benzene rings is 1. The molecule has 1 N–H and O–H groups in total. The van der Waals surface area contributed by atoms with Gasteiger partial charge in [0.05, 0.1) is 22.8 Å². The monoisotopic (exact) mass is 250 g/mol. The summed E-state index contributed by atoms with van der Waals surface area (Å²) in [6.07, 6.45) is 1.73. The fourth-order valence-corrected chi connectivity index (χ4v) is 1.71. The molecule has 17 heavy (non-hydrogen) atoms. The van der Waals surface area contributed by atoms with Gasteiger partial charge in [-0.15, -0.1) is 0 Å². The average molecular weight is 251 g/mol. The second-order valence-corrected chi connectivity index (χ2v) is 4.17. The van der Waals surface area contributed by atoms with Gasteiger partial charge < -0.3 is 5.11 Å². The number of aromatic nitrogens is 2. The molecule has 4 nitrogen and oxygen atoms in total. The molecule has 0 unspecified atom stereocenters. The van der Waals surface area contributed by atoms with E-state index in [0.717, 1.165) is 11.3 Å². The highest BCUT2D eigenvalue weighted by atomic mass is 35.5. The molecule has 0 saturated heterocycles. The van der Waals surface area contributed by atoms with Gasteiger partial charge >= 0.3 is 5.97 Å². The SMILES string of the molecule is Cc1nn(Cc2cccc(C(=O)O)c2)cc1Cl. The highest BCUT2D eigenvalue weighted by Crippen LogP contribution is 2.14. The van der Waals surface area contributed by atoms with Crippen molar-refractivity contribution in [1.82, 2.24) is 9.78 Å². The van der Waals surface area contributed by atoms with Crippen LogP contribution in [0.25, 0.3) is 0 Å². The number of carboxylic acid groups (broad SMARTS) is 1. The predicted octanol–water partition coefficient (Wildman–Crippen LogP) is 2.59. The summed E-state index contributed by atoms with van der Waals surface area (Å²) in [5.41, 5.74) is 1.92. The summed E-state index contributed by atoms with van der Waals surface area (Å²) in [5, 5.41) is 13.7. The summed E-state index contributed by atoms with van der Waals surface area (Å²) in [6.45, 7) is 2.33. The second-order valence-electron chi connectivity index (χ2n) is 3.77. The van der Waals surface area contributed by atoms with Crippen molar-refractivity contribution < 1.29 is 9.90 Å². The summed E-state index contributed by atoms with van der Waals surface area (Å²) in [6, 6.07) is 6.77. The summed E-state index contributed by atoms with van der Waals surface area (Å²) < 4.78 is 1.69. The van der Waals surface area contributed by atoms with Crippen LogP contribution in [0.1, 0.15) is 21.6 Å². The van der Waals surface area contributed by atoms with Crippen LogP contribution in [0.4, 0.5) is 0 Å². The molecule has 0 fully saturated rings. The Morgan fingerprint density at radius 1 is 1.53 bits per heavy atom. The van der Waals surface area contributed by atoms with Gasteiger partial charge in [-0.2, -0.15) is 5.10 Å². The smallest absolute Gasteiger partial charge is 0.335 e. The van der Waals surface area contributed by atoms with E-state index >= 15 is 0 Å². The molecule has 5 heteroatoms. The first kappa shape index (κ1) is 11.7. The normalized spacial score (nSPS) is 10.5. The third-order valence-corrected chi connectivity index (χ3v) is 2.78. The summed E-state index contributed by atoms with van der Waals surface area (Å²) in [7, 11) is 0.